The third-order valence-corrected chi connectivity index (χ3v) is 2.44. The minimum absolute atomic E-state index is 0.186. The average molecular weight is 220 g/mol. The maximum absolute atomic E-state index is 11.5. The van der Waals surface area contributed by atoms with E-state index < -0.39 is 0 Å². The van der Waals surface area contributed by atoms with Crippen molar-refractivity contribution in [3.05, 3.63) is 24.0 Å². The van der Waals surface area contributed by atoms with Crippen LogP contribution in [0.2, 0.25) is 0 Å². The predicted octanol–water partition coefficient (Wildman–Crippen LogP) is 0.164. The lowest BCUT2D eigenvalue weighted by molar-refractivity contribution is -0.125. The number of amides is 3. The first-order valence-corrected chi connectivity index (χ1v) is 5.03. The van der Waals surface area contributed by atoms with Gasteiger partial charge in [0.05, 0.1) is 18.2 Å². The molecule has 16 heavy (non-hydrogen) atoms. The number of hydrogen-bond donors (Lipinski definition) is 1. The molecule has 1 aromatic heterocycles. The summed E-state index contributed by atoms with van der Waals surface area (Å²) in [5.41, 5.74) is 0.708. The molecule has 0 aromatic carbocycles. The van der Waals surface area contributed by atoms with Crippen LogP contribution in [0.4, 0.5) is 4.79 Å². The molecule has 3 amide bonds. The molecule has 1 aliphatic rings. The van der Waals surface area contributed by atoms with Crippen molar-refractivity contribution in [3.8, 4) is 0 Å². The Labute approximate surface area is 92.7 Å². The van der Waals surface area contributed by atoms with Crippen LogP contribution < -0.4 is 5.32 Å². The van der Waals surface area contributed by atoms with Crippen LogP contribution in [-0.2, 0) is 11.3 Å². The lowest BCUT2D eigenvalue weighted by Gasteiger charge is -2.29. The van der Waals surface area contributed by atoms with Gasteiger partial charge in [-0.05, 0) is 12.1 Å². The van der Waals surface area contributed by atoms with Gasteiger partial charge in [-0.25, -0.2) is 4.79 Å². The Morgan fingerprint density at radius 3 is 3.06 bits per heavy atom. The second kappa shape index (κ2) is 4.26. The van der Waals surface area contributed by atoms with E-state index in [1.165, 1.54) is 0 Å². The molecular formula is C10H12N4O2. The molecule has 84 valence electrons. The van der Waals surface area contributed by atoms with Crippen molar-refractivity contribution < 1.29 is 9.59 Å². The molecule has 1 atom stereocenters. The number of urea groups is 1. The number of carbonyl (C=O) groups excluding carboxylic acids is 2. The van der Waals surface area contributed by atoms with Gasteiger partial charge >= 0.3 is 6.03 Å². The molecule has 1 unspecified atom stereocenters. The van der Waals surface area contributed by atoms with Crippen molar-refractivity contribution >= 4 is 11.9 Å². The monoisotopic (exact) mass is 220 g/mol. The topological polar surface area (TPSA) is 75.2 Å². The van der Waals surface area contributed by atoms with Crippen LogP contribution in [0.25, 0.3) is 0 Å². The minimum atomic E-state index is -0.367. The molecule has 1 aliphatic heterocycles. The van der Waals surface area contributed by atoms with Crippen LogP contribution in [0.5, 0.6) is 0 Å². The molecule has 2 rings (SSSR count). The summed E-state index contributed by atoms with van der Waals surface area (Å²) in [7, 11) is 0. The van der Waals surface area contributed by atoms with Gasteiger partial charge < -0.3 is 4.90 Å². The maximum atomic E-state index is 11.5. The molecule has 1 saturated heterocycles. The van der Waals surface area contributed by atoms with E-state index in [1.807, 2.05) is 0 Å². The van der Waals surface area contributed by atoms with Crippen molar-refractivity contribution in [1.29, 1.82) is 0 Å². The van der Waals surface area contributed by atoms with Crippen LogP contribution >= 0.6 is 0 Å². The Kier molecular flexibility index (Phi) is 2.80. The molecule has 6 nitrogen and oxygen atoms in total. The quantitative estimate of drug-likeness (QED) is 0.770. The van der Waals surface area contributed by atoms with Gasteiger partial charge in [0.2, 0.25) is 5.91 Å². The number of nitrogens with zero attached hydrogens (tertiary/aromatic N) is 3. The van der Waals surface area contributed by atoms with Gasteiger partial charge in [-0.15, -0.1) is 0 Å². The highest BCUT2D eigenvalue weighted by atomic mass is 16.2. The number of carbonyl (C=O) groups is 2. The van der Waals surface area contributed by atoms with E-state index in [2.05, 4.69) is 15.5 Å². The molecule has 0 saturated carbocycles. The standard InChI is InChI=1S/C10H12N4O2/c1-7-5-14(10(16)12-9(7)15)6-8-3-2-4-11-13-8/h2-4,7H,5-6H2,1H3,(H,12,15,16). The molecule has 2 heterocycles. The summed E-state index contributed by atoms with van der Waals surface area (Å²) in [4.78, 5) is 24.3. The second-order valence-electron chi connectivity index (χ2n) is 3.79. The van der Waals surface area contributed by atoms with Gasteiger partial charge in [-0.2, -0.15) is 10.2 Å². The van der Waals surface area contributed by atoms with E-state index >= 15 is 0 Å². The first-order valence-electron chi connectivity index (χ1n) is 5.03. The minimum Gasteiger partial charge on any atom is -0.318 e. The fourth-order valence-corrected chi connectivity index (χ4v) is 1.55. The van der Waals surface area contributed by atoms with Crippen molar-refractivity contribution in [3.63, 3.8) is 0 Å². The predicted molar refractivity (Wildman–Crippen MR) is 55.1 cm³/mol. The van der Waals surface area contributed by atoms with Crippen LogP contribution in [0.1, 0.15) is 12.6 Å². The molecular weight excluding hydrogens is 208 g/mol. The lowest BCUT2D eigenvalue weighted by atomic mass is 10.1. The van der Waals surface area contributed by atoms with Crippen molar-refractivity contribution in [2.45, 2.75) is 13.5 Å². The van der Waals surface area contributed by atoms with Gasteiger partial charge in [-0.3, -0.25) is 10.1 Å². The SMILES string of the molecule is CC1CN(Cc2cccnn2)C(=O)NC1=O. The maximum Gasteiger partial charge on any atom is 0.324 e. The van der Waals surface area contributed by atoms with Crippen molar-refractivity contribution in [1.82, 2.24) is 20.4 Å². The van der Waals surface area contributed by atoms with E-state index in [0.29, 0.717) is 18.8 Å². The summed E-state index contributed by atoms with van der Waals surface area (Å²) < 4.78 is 0. The van der Waals surface area contributed by atoms with Crippen LogP contribution in [-0.4, -0.2) is 33.6 Å². The summed E-state index contributed by atoms with van der Waals surface area (Å²) in [6.07, 6.45) is 1.58. The Bertz CT molecular complexity index is 407. The average Bonchev–Trinajstić information content (AvgIpc) is 2.27. The fourth-order valence-electron chi connectivity index (χ4n) is 1.55. The van der Waals surface area contributed by atoms with Crippen molar-refractivity contribution in [2.75, 3.05) is 6.54 Å². The number of rotatable bonds is 2. The molecule has 1 aromatic rings. The third-order valence-electron chi connectivity index (χ3n) is 2.44. The Morgan fingerprint density at radius 2 is 2.38 bits per heavy atom. The third kappa shape index (κ3) is 2.16. The number of nitrogens with one attached hydrogen (secondary N) is 1. The summed E-state index contributed by atoms with van der Waals surface area (Å²) in [6, 6.07) is 3.19. The molecule has 6 heteroatoms. The lowest BCUT2D eigenvalue weighted by Crippen LogP contribution is -2.53. The highest BCUT2D eigenvalue weighted by Crippen LogP contribution is 2.10. The summed E-state index contributed by atoms with van der Waals surface area (Å²) in [6.45, 7) is 2.57. The van der Waals surface area contributed by atoms with Crippen LogP contribution in [0, 0.1) is 5.92 Å². The highest BCUT2D eigenvalue weighted by Gasteiger charge is 2.29. The van der Waals surface area contributed by atoms with Gasteiger partial charge in [0.25, 0.3) is 0 Å². The van der Waals surface area contributed by atoms with Gasteiger partial charge in [0, 0.05) is 12.7 Å². The molecule has 0 bridgehead atoms. The molecule has 1 N–H and O–H groups in total. The normalized spacial score (nSPS) is 20.8. The number of imide groups is 1. The van der Waals surface area contributed by atoms with Crippen molar-refractivity contribution in [2.24, 2.45) is 5.92 Å². The Morgan fingerprint density at radius 1 is 1.56 bits per heavy atom. The smallest absolute Gasteiger partial charge is 0.318 e. The second-order valence-corrected chi connectivity index (χ2v) is 3.79. The van der Waals surface area contributed by atoms with E-state index in [4.69, 9.17) is 0 Å². The number of aromatic nitrogens is 2. The van der Waals surface area contributed by atoms with Gasteiger partial charge in [0.1, 0.15) is 0 Å². The summed E-state index contributed by atoms with van der Waals surface area (Å²) in [5, 5.41) is 9.93. The first kappa shape index (κ1) is 10.5. The zero-order valence-corrected chi connectivity index (χ0v) is 8.88. The van der Waals surface area contributed by atoms with E-state index in [0.717, 1.165) is 0 Å². The summed E-state index contributed by atoms with van der Waals surface area (Å²) >= 11 is 0. The van der Waals surface area contributed by atoms with Gasteiger partial charge in [-0.1, -0.05) is 6.92 Å². The molecule has 1 fully saturated rings. The van der Waals surface area contributed by atoms with Crippen LogP contribution in [0.15, 0.2) is 18.3 Å². The van der Waals surface area contributed by atoms with E-state index in [-0.39, 0.29) is 17.9 Å². The largest absolute Gasteiger partial charge is 0.324 e. The van der Waals surface area contributed by atoms with E-state index in [1.54, 1.807) is 30.2 Å². The summed E-state index contributed by atoms with van der Waals surface area (Å²) in [5.74, 6) is -0.408. The molecule has 0 aliphatic carbocycles. The number of hydrogen-bond acceptors (Lipinski definition) is 4. The zero-order valence-electron chi connectivity index (χ0n) is 8.88. The first-order chi connectivity index (χ1) is 7.66. The van der Waals surface area contributed by atoms with E-state index in [9.17, 15) is 9.59 Å². The fraction of sp³-hybridized carbons (Fsp3) is 0.400. The van der Waals surface area contributed by atoms with Crippen LogP contribution in [0.3, 0.4) is 0 Å². The molecule has 0 spiro atoms. The zero-order chi connectivity index (χ0) is 11.5. The highest BCUT2D eigenvalue weighted by molar-refractivity contribution is 5.97. The Balaban J connectivity index is 2.05. The Hall–Kier alpha value is -1.98. The molecule has 0 radical (unpaired) electrons. The van der Waals surface area contributed by atoms with Gasteiger partial charge in [0.15, 0.2) is 0 Å².